The van der Waals surface area contributed by atoms with Gasteiger partial charge in [-0.3, -0.25) is 9.69 Å². The van der Waals surface area contributed by atoms with Crippen LogP contribution in [0, 0.1) is 29.5 Å². The van der Waals surface area contributed by atoms with Crippen molar-refractivity contribution >= 4 is 0 Å². The molecule has 2 aromatic carbocycles. The van der Waals surface area contributed by atoms with Gasteiger partial charge in [0.05, 0.1) is 25.2 Å². The highest BCUT2D eigenvalue weighted by atomic mass is 19.1. The lowest BCUT2D eigenvalue weighted by molar-refractivity contribution is 0.153. The van der Waals surface area contributed by atoms with E-state index in [0.717, 1.165) is 38.4 Å². The van der Waals surface area contributed by atoms with Gasteiger partial charge in [0.15, 0.2) is 0 Å². The number of alkyl halides is 1. The number of benzene rings is 2. The second-order valence-electron chi connectivity index (χ2n) is 10.8. The highest BCUT2D eigenvalue weighted by Crippen LogP contribution is 2.30. The Morgan fingerprint density at radius 1 is 1.15 bits per heavy atom. The highest BCUT2D eigenvalue weighted by molar-refractivity contribution is 5.45. The summed E-state index contributed by atoms with van der Waals surface area (Å²) in [5, 5.41) is 13.2. The number of likely N-dealkylation sites (tertiary alicyclic amines) is 1. The van der Waals surface area contributed by atoms with Crippen LogP contribution in [0.2, 0.25) is 0 Å². The summed E-state index contributed by atoms with van der Waals surface area (Å²) in [5.41, 5.74) is 2.46. The average molecular weight is 549 g/mol. The van der Waals surface area contributed by atoms with Crippen molar-refractivity contribution < 1.29 is 18.6 Å². The second kappa shape index (κ2) is 12.7. The number of aromatic nitrogens is 2. The first-order valence-electron chi connectivity index (χ1n) is 13.6. The first-order valence-corrected chi connectivity index (χ1v) is 13.6. The Hall–Kier alpha value is -3.58. The monoisotopic (exact) mass is 548 g/mol. The Balaban J connectivity index is 1.26. The van der Waals surface area contributed by atoms with E-state index in [1.807, 2.05) is 12.1 Å². The molecule has 40 heavy (non-hydrogen) atoms. The fourth-order valence-corrected chi connectivity index (χ4v) is 5.45. The van der Waals surface area contributed by atoms with E-state index in [1.165, 1.54) is 18.0 Å². The molecule has 9 heteroatoms. The molecular formula is C31H34F2N4O3. The smallest absolute Gasteiger partial charge is 0.293 e. The minimum Gasteiger partial charge on any atom is -0.502 e. The maximum atomic E-state index is 15.3. The van der Waals surface area contributed by atoms with E-state index in [-0.39, 0.29) is 18.7 Å². The largest absolute Gasteiger partial charge is 0.502 e. The number of hydrogen-bond acceptors (Lipinski definition) is 6. The molecule has 2 fully saturated rings. The number of aromatic hydroxyl groups is 1. The van der Waals surface area contributed by atoms with Gasteiger partial charge in [-0.25, -0.2) is 13.8 Å². The molecule has 3 unspecified atom stereocenters. The van der Waals surface area contributed by atoms with Crippen molar-refractivity contribution in [2.75, 3.05) is 39.5 Å². The molecule has 3 heterocycles. The summed E-state index contributed by atoms with van der Waals surface area (Å²) in [5.74, 6) is 6.00. The molecule has 0 radical (unpaired) electrons. The number of nitrogens with zero attached hydrogens (tertiary/aromatic N) is 2. The minimum absolute atomic E-state index is 0.0998. The van der Waals surface area contributed by atoms with Crippen LogP contribution >= 0.6 is 0 Å². The second-order valence-corrected chi connectivity index (χ2v) is 10.8. The van der Waals surface area contributed by atoms with Crippen LogP contribution < -0.4 is 10.9 Å². The number of nitrogens with one attached hydrogen (secondary N) is 2. The van der Waals surface area contributed by atoms with Crippen LogP contribution in [-0.2, 0) is 17.7 Å². The molecule has 3 N–H and O–H groups in total. The molecular weight excluding hydrogens is 514 g/mol. The predicted molar refractivity (Wildman–Crippen MR) is 148 cm³/mol. The summed E-state index contributed by atoms with van der Waals surface area (Å²) >= 11 is 0. The van der Waals surface area contributed by atoms with Gasteiger partial charge >= 0.3 is 0 Å². The van der Waals surface area contributed by atoms with E-state index < -0.39 is 35.8 Å². The molecule has 3 aromatic rings. The number of aromatic amines is 1. The van der Waals surface area contributed by atoms with Gasteiger partial charge in [-0.2, -0.15) is 0 Å². The number of H-pyrrole nitrogens is 1. The minimum atomic E-state index is -0.665. The molecule has 2 aliphatic rings. The van der Waals surface area contributed by atoms with Crippen LogP contribution in [0.1, 0.15) is 40.8 Å². The summed E-state index contributed by atoms with van der Waals surface area (Å²) in [6, 6.07) is 12.5. The SMILES string of the molecule is CC(CF)NC[C@H](Cc1nc[nH]c(=O)c1O)c1ccc(C#Cc2ccc(CN3CC4COCC4C3)cc2)cc1F. The third kappa shape index (κ3) is 6.76. The zero-order valence-electron chi connectivity index (χ0n) is 22.5. The van der Waals surface area contributed by atoms with Gasteiger partial charge in [0.1, 0.15) is 12.5 Å². The Morgan fingerprint density at radius 3 is 2.55 bits per heavy atom. The van der Waals surface area contributed by atoms with E-state index in [0.29, 0.717) is 23.0 Å². The summed E-state index contributed by atoms with van der Waals surface area (Å²) in [6.07, 6.45) is 1.29. The Kier molecular flexibility index (Phi) is 8.90. The summed E-state index contributed by atoms with van der Waals surface area (Å²) in [6.45, 7) is 6.19. The zero-order chi connectivity index (χ0) is 28.1. The Morgan fingerprint density at radius 2 is 1.85 bits per heavy atom. The first-order chi connectivity index (χ1) is 19.4. The topological polar surface area (TPSA) is 90.5 Å². The normalized spacial score (nSPS) is 20.1. The van der Waals surface area contributed by atoms with Crippen LogP contribution in [0.25, 0.3) is 0 Å². The van der Waals surface area contributed by atoms with Gasteiger partial charge < -0.3 is 20.1 Å². The van der Waals surface area contributed by atoms with Crippen molar-refractivity contribution in [1.29, 1.82) is 0 Å². The zero-order valence-corrected chi connectivity index (χ0v) is 22.5. The summed E-state index contributed by atoms with van der Waals surface area (Å²) < 4.78 is 33.9. The molecule has 4 atom stereocenters. The number of halogens is 2. The maximum Gasteiger partial charge on any atom is 0.293 e. The molecule has 1 aromatic heterocycles. The fourth-order valence-electron chi connectivity index (χ4n) is 5.45. The third-order valence-corrected chi connectivity index (χ3v) is 7.76. The maximum absolute atomic E-state index is 15.3. The van der Waals surface area contributed by atoms with Gasteiger partial charge in [-0.15, -0.1) is 0 Å². The van der Waals surface area contributed by atoms with E-state index in [9.17, 15) is 14.3 Å². The molecule has 7 nitrogen and oxygen atoms in total. The lowest BCUT2D eigenvalue weighted by Gasteiger charge is -2.21. The summed E-state index contributed by atoms with van der Waals surface area (Å²) in [7, 11) is 0. The molecule has 5 rings (SSSR count). The van der Waals surface area contributed by atoms with Crippen molar-refractivity contribution in [2.45, 2.75) is 31.8 Å². The number of ether oxygens (including phenoxy) is 1. The van der Waals surface area contributed by atoms with Crippen molar-refractivity contribution in [3.05, 3.63) is 92.9 Å². The molecule has 210 valence electrons. The van der Waals surface area contributed by atoms with Gasteiger partial charge in [-0.1, -0.05) is 30.0 Å². The van der Waals surface area contributed by atoms with Gasteiger partial charge in [0.25, 0.3) is 5.56 Å². The lowest BCUT2D eigenvalue weighted by Crippen LogP contribution is -2.33. The third-order valence-electron chi connectivity index (χ3n) is 7.76. The quantitative estimate of drug-likeness (QED) is 0.356. The van der Waals surface area contributed by atoms with Crippen molar-refractivity contribution in [3.8, 4) is 17.6 Å². The summed E-state index contributed by atoms with van der Waals surface area (Å²) in [4.78, 5) is 20.6. The van der Waals surface area contributed by atoms with Crippen molar-refractivity contribution in [3.63, 3.8) is 0 Å². The van der Waals surface area contributed by atoms with Crippen LogP contribution in [-0.4, -0.2) is 65.5 Å². The molecule has 0 spiro atoms. The van der Waals surface area contributed by atoms with E-state index in [1.54, 1.807) is 19.1 Å². The fraction of sp³-hybridized carbons (Fsp3) is 0.419. The van der Waals surface area contributed by atoms with E-state index >= 15 is 4.39 Å². The molecule has 2 aliphatic heterocycles. The molecule has 0 saturated carbocycles. The predicted octanol–water partition coefficient (Wildman–Crippen LogP) is 3.37. The van der Waals surface area contributed by atoms with Gasteiger partial charge in [0.2, 0.25) is 5.75 Å². The van der Waals surface area contributed by atoms with Gasteiger partial charge in [0, 0.05) is 67.5 Å². The van der Waals surface area contributed by atoms with Gasteiger partial charge in [-0.05, 0) is 42.3 Å². The molecule has 0 amide bonds. The average Bonchev–Trinajstić information content (AvgIpc) is 3.55. The number of fused-ring (bicyclic) bond motifs is 1. The Labute approximate surface area is 232 Å². The highest BCUT2D eigenvalue weighted by Gasteiger charge is 2.36. The van der Waals surface area contributed by atoms with Crippen LogP contribution in [0.3, 0.4) is 0 Å². The Bertz CT molecular complexity index is 1420. The van der Waals surface area contributed by atoms with E-state index in [2.05, 4.69) is 44.2 Å². The van der Waals surface area contributed by atoms with Crippen LogP contribution in [0.15, 0.2) is 53.6 Å². The van der Waals surface area contributed by atoms with Crippen LogP contribution in [0.5, 0.6) is 5.75 Å². The molecule has 0 bridgehead atoms. The standard InChI is InChI=1S/C31H34F2N4O3/c1-20(12-32)34-13-24(11-29-30(38)31(39)36-19-35-29)27-9-8-22(10-28(27)33)5-2-21-3-6-23(7-4-21)14-37-15-25-17-40-18-26(25)16-37/h3-4,6-10,19-20,24-26,34,38H,11-18H2,1H3,(H,35,36,39)/t20?,24-,25?,26?/m0/s1. The first kappa shape index (κ1) is 28.0. The lowest BCUT2D eigenvalue weighted by atomic mass is 9.92. The van der Waals surface area contributed by atoms with E-state index in [4.69, 9.17) is 4.74 Å². The molecule has 0 aliphatic carbocycles. The molecule has 2 saturated heterocycles. The number of hydrogen-bond donors (Lipinski definition) is 3. The van der Waals surface area contributed by atoms with Crippen molar-refractivity contribution in [2.24, 2.45) is 11.8 Å². The van der Waals surface area contributed by atoms with Crippen LogP contribution in [0.4, 0.5) is 8.78 Å². The van der Waals surface area contributed by atoms with Crippen molar-refractivity contribution in [1.82, 2.24) is 20.2 Å². The number of rotatable bonds is 9.